The molecule has 0 amide bonds. The van der Waals surface area contributed by atoms with Gasteiger partial charge in [0.2, 0.25) is 0 Å². The summed E-state index contributed by atoms with van der Waals surface area (Å²) in [5.74, 6) is 9.35. The molecule has 0 aliphatic carbocycles. The number of hydrogen-bond donors (Lipinski definition) is 2. The molecule has 0 unspecified atom stereocenters. The van der Waals surface area contributed by atoms with E-state index in [9.17, 15) is 0 Å². The number of halogens is 1. The van der Waals surface area contributed by atoms with E-state index in [0.717, 1.165) is 6.42 Å². The molecule has 0 saturated heterocycles. The van der Waals surface area contributed by atoms with Gasteiger partial charge in [-0.3, -0.25) is 0 Å². The standard InChI is InChI=1S/C3H10N2O2.ClH/c4-6-2-1-3-7-5;/h1-5H2;1H. The Hall–Kier alpha value is 0.130. The fourth-order valence-corrected chi connectivity index (χ4v) is 0.226. The molecule has 0 fully saturated rings. The molecule has 8 heavy (non-hydrogen) atoms. The molecule has 5 heteroatoms. The van der Waals surface area contributed by atoms with Crippen LogP contribution in [-0.2, 0) is 9.68 Å². The summed E-state index contributed by atoms with van der Waals surface area (Å²) in [4.78, 5) is 8.42. The van der Waals surface area contributed by atoms with Crippen LogP contribution in [0.15, 0.2) is 0 Å². The molecule has 0 aliphatic heterocycles. The highest BCUT2D eigenvalue weighted by Gasteiger charge is 1.80. The largest absolute Gasteiger partial charge is 0.305 e. The van der Waals surface area contributed by atoms with Gasteiger partial charge in [0, 0.05) is 0 Å². The SMILES string of the molecule is Cl.NOCCCON. The van der Waals surface area contributed by atoms with Crippen molar-refractivity contribution >= 4 is 12.4 Å². The molecule has 4 N–H and O–H groups in total. The highest BCUT2D eigenvalue weighted by molar-refractivity contribution is 5.85. The topological polar surface area (TPSA) is 70.5 Å². The van der Waals surface area contributed by atoms with Crippen molar-refractivity contribution in [2.75, 3.05) is 13.2 Å². The lowest BCUT2D eigenvalue weighted by molar-refractivity contribution is 0.0840. The molecule has 0 radical (unpaired) electrons. The lowest BCUT2D eigenvalue weighted by Gasteiger charge is -1.93. The van der Waals surface area contributed by atoms with Crippen molar-refractivity contribution in [1.82, 2.24) is 0 Å². The summed E-state index contributed by atoms with van der Waals surface area (Å²) in [5.41, 5.74) is 0. The van der Waals surface area contributed by atoms with Crippen molar-refractivity contribution in [2.24, 2.45) is 11.8 Å². The third-order valence-electron chi connectivity index (χ3n) is 0.524. The monoisotopic (exact) mass is 142 g/mol. The van der Waals surface area contributed by atoms with Crippen molar-refractivity contribution in [1.29, 1.82) is 0 Å². The van der Waals surface area contributed by atoms with Gasteiger partial charge in [0.25, 0.3) is 0 Å². The van der Waals surface area contributed by atoms with Gasteiger partial charge >= 0.3 is 0 Å². The van der Waals surface area contributed by atoms with Crippen molar-refractivity contribution in [3.05, 3.63) is 0 Å². The van der Waals surface area contributed by atoms with Crippen LogP contribution in [0, 0.1) is 0 Å². The molecule has 0 bridgehead atoms. The van der Waals surface area contributed by atoms with Gasteiger partial charge < -0.3 is 9.68 Å². The first kappa shape index (κ1) is 11.0. The lowest BCUT2D eigenvalue weighted by Crippen LogP contribution is -2.07. The fraction of sp³-hybridized carbons (Fsp3) is 1.00. The summed E-state index contributed by atoms with van der Waals surface area (Å²) < 4.78 is 0. The summed E-state index contributed by atoms with van der Waals surface area (Å²) >= 11 is 0. The minimum Gasteiger partial charge on any atom is -0.305 e. The highest BCUT2D eigenvalue weighted by Crippen LogP contribution is 1.74. The molecule has 0 aromatic rings. The molecule has 0 rings (SSSR count). The summed E-state index contributed by atoms with van der Waals surface area (Å²) in [5, 5.41) is 0. The molecule has 0 atom stereocenters. The van der Waals surface area contributed by atoms with Crippen molar-refractivity contribution < 1.29 is 9.68 Å². The van der Waals surface area contributed by atoms with E-state index < -0.39 is 0 Å². The van der Waals surface area contributed by atoms with Crippen LogP contribution < -0.4 is 11.8 Å². The van der Waals surface area contributed by atoms with Gasteiger partial charge in [-0.25, -0.2) is 11.8 Å². The van der Waals surface area contributed by atoms with Gasteiger partial charge in [-0.2, -0.15) is 0 Å². The minimum absolute atomic E-state index is 0. The number of nitrogens with two attached hydrogens (primary N) is 2. The lowest BCUT2D eigenvalue weighted by atomic mass is 10.5. The third kappa shape index (κ3) is 9.46. The second-order valence-electron chi connectivity index (χ2n) is 1.10. The Balaban J connectivity index is 0. The van der Waals surface area contributed by atoms with Crippen LogP contribution in [-0.4, -0.2) is 13.2 Å². The average Bonchev–Trinajstić information content (AvgIpc) is 1.69. The Labute approximate surface area is 54.4 Å². The number of rotatable bonds is 4. The summed E-state index contributed by atoms with van der Waals surface area (Å²) in [6.07, 6.45) is 0.743. The molecular weight excluding hydrogens is 131 g/mol. The molecule has 52 valence electrons. The Morgan fingerprint density at radius 2 is 1.38 bits per heavy atom. The Morgan fingerprint density at radius 3 is 1.62 bits per heavy atom. The van der Waals surface area contributed by atoms with E-state index >= 15 is 0 Å². The van der Waals surface area contributed by atoms with Gasteiger partial charge in [0.1, 0.15) is 0 Å². The first-order valence-electron chi connectivity index (χ1n) is 2.05. The fourth-order valence-electron chi connectivity index (χ4n) is 0.226. The second kappa shape index (κ2) is 10.2. The van der Waals surface area contributed by atoms with E-state index in [1.807, 2.05) is 0 Å². The summed E-state index contributed by atoms with van der Waals surface area (Å²) in [6.45, 7) is 0.994. The van der Waals surface area contributed by atoms with E-state index in [1.165, 1.54) is 0 Å². The Kier molecular flexibility index (Phi) is 14.0. The van der Waals surface area contributed by atoms with Gasteiger partial charge in [-0.15, -0.1) is 12.4 Å². The highest BCUT2D eigenvalue weighted by atomic mass is 35.5. The van der Waals surface area contributed by atoms with Crippen LogP contribution >= 0.6 is 12.4 Å². The van der Waals surface area contributed by atoms with Gasteiger partial charge in [0.05, 0.1) is 13.2 Å². The first-order valence-corrected chi connectivity index (χ1v) is 2.05. The zero-order valence-corrected chi connectivity index (χ0v) is 5.32. The van der Waals surface area contributed by atoms with E-state index in [-0.39, 0.29) is 12.4 Å². The van der Waals surface area contributed by atoms with Crippen molar-refractivity contribution in [2.45, 2.75) is 6.42 Å². The predicted molar refractivity (Wildman–Crippen MR) is 32.1 cm³/mol. The predicted octanol–water partition coefficient (Wildman–Crippen LogP) is -0.421. The van der Waals surface area contributed by atoms with Gasteiger partial charge in [-0.05, 0) is 6.42 Å². The van der Waals surface area contributed by atoms with E-state index in [4.69, 9.17) is 0 Å². The second-order valence-corrected chi connectivity index (χ2v) is 1.10. The summed E-state index contributed by atoms with van der Waals surface area (Å²) in [7, 11) is 0. The van der Waals surface area contributed by atoms with Gasteiger partial charge in [0.15, 0.2) is 0 Å². The first-order chi connectivity index (χ1) is 3.41. The normalized spacial score (nSPS) is 8.25. The molecule has 0 aliphatic rings. The molecule has 0 heterocycles. The van der Waals surface area contributed by atoms with Gasteiger partial charge in [-0.1, -0.05) is 0 Å². The van der Waals surface area contributed by atoms with Crippen LogP contribution in [0.4, 0.5) is 0 Å². The van der Waals surface area contributed by atoms with E-state index in [0.29, 0.717) is 13.2 Å². The van der Waals surface area contributed by atoms with E-state index in [2.05, 4.69) is 21.5 Å². The summed E-state index contributed by atoms with van der Waals surface area (Å²) in [6, 6.07) is 0. The average molecular weight is 143 g/mol. The zero-order chi connectivity index (χ0) is 5.54. The number of hydrogen-bond acceptors (Lipinski definition) is 4. The van der Waals surface area contributed by atoms with Crippen LogP contribution in [0.5, 0.6) is 0 Å². The smallest absolute Gasteiger partial charge is 0.0701 e. The van der Waals surface area contributed by atoms with Crippen molar-refractivity contribution in [3.63, 3.8) is 0 Å². The molecule has 4 nitrogen and oxygen atoms in total. The molecule has 0 aromatic carbocycles. The van der Waals surface area contributed by atoms with E-state index in [1.54, 1.807) is 0 Å². The van der Waals surface area contributed by atoms with Crippen LogP contribution in [0.25, 0.3) is 0 Å². The van der Waals surface area contributed by atoms with Crippen LogP contribution in [0.2, 0.25) is 0 Å². The maximum absolute atomic E-state index is 4.67. The maximum atomic E-state index is 4.67. The minimum atomic E-state index is 0. The zero-order valence-electron chi connectivity index (χ0n) is 4.50. The van der Waals surface area contributed by atoms with Crippen LogP contribution in [0.1, 0.15) is 6.42 Å². The molecule has 0 aromatic heterocycles. The molecule has 0 saturated carbocycles. The maximum Gasteiger partial charge on any atom is 0.0701 e. The molecular formula is C3H11ClN2O2. The Morgan fingerprint density at radius 1 is 1.00 bits per heavy atom. The Bertz CT molecular complexity index is 34.5. The molecule has 0 spiro atoms. The van der Waals surface area contributed by atoms with Crippen LogP contribution in [0.3, 0.4) is 0 Å². The quantitative estimate of drug-likeness (QED) is 0.413. The van der Waals surface area contributed by atoms with Crippen molar-refractivity contribution in [3.8, 4) is 0 Å². The third-order valence-corrected chi connectivity index (χ3v) is 0.524.